The number of hydrogen-bond donors (Lipinski definition) is 1. The number of nitrogens with zero attached hydrogens (tertiary/aromatic N) is 1. The molecular formula is C33H33FN2O7S. The van der Waals surface area contributed by atoms with E-state index in [0.29, 0.717) is 39.6 Å². The Morgan fingerprint density at radius 1 is 0.886 bits per heavy atom. The normalized spacial score (nSPS) is 14.0. The standard InChI is InChI=1S/C33H33FN2O7S/c1-20-10-11-21(34)16-29(20)42-19-27-25(14-15-28-31(27)36(4)32(37)33(2,3)35-28)26-13-12-23(18-30(26)41-6)43-44(38,39)24-9-7-8-22(17-24)40-5/h7-18,35H,19H2,1-6H3. The van der Waals surface area contributed by atoms with Crippen LogP contribution in [0, 0.1) is 12.7 Å². The van der Waals surface area contributed by atoms with Gasteiger partial charge in [0.2, 0.25) is 0 Å². The highest BCUT2D eigenvalue weighted by Crippen LogP contribution is 2.45. The maximum atomic E-state index is 14.1. The molecule has 0 saturated carbocycles. The topological polar surface area (TPSA) is 103 Å². The molecule has 1 N–H and O–H groups in total. The Hall–Kier alpha value is -4.77. The van der Waals surface area contributed by atoms with Crippen LogP contribution < -0.4 is 28.6 Å². The Labute approximate surface area is 256 Å². The van der Waals surface area contributed by atoms with E-state index in [9.17, 15) is 17.6 Å². The molecule has 4 aromatic carbocycles. The number of ether oxygens (including phenoxy) is 3. The van der Waals surface area contributed by atoms with E-state index in [4.69, 9.17) is 18.4 Å². The molecule has 0 aliphatic carbocycles. The molecule has 0 radical (unpaired) electrons. The van der Waals surface area contributed by atoms with Gasteiger partial charge in [-0.2, -0.15) is 8.42 Å². The van der Waals surface area contributed by atoms with Gasteiger partial charge in [-0.1, -0.05) is 18.2 Å². The van der Waals surface area contributed by atoms with Crippen LogP contribution >= 0.6 is 0 Å². The van der Waals surface area contributed by atoms with Crippen molar-refractivity contribution < 1.29 is 36.0 Å². The van der Waals surface area contributed by atoms with Gasteiger partial charge in [-0.25, -0.2) is 4.39 Å². The van der Waals surface area contributed by atoms with Crippen molar-refractivity contribution in [1.82, 2.24) is 0 Å². The zero-order valence-corrected chi connectivity index (χ0v) is 26.0. The van der Waals surface area contributed by atoms with Crippen molar-refractivity contribution >= 4 is 27.4 Å². The second-order valence-electron chi connectivity index (χ2n) is 10.9. The second kappa shape index (κ2) is 11.7. The molecule has 1 heterocycles. The summed E-state index contributed by atoms with van der Waals surface area (Å²) in [7, 11) is 0.424. The Kier molecular flexibility index (Phi) is 8.17. The van der Waals surface area contributed by atoms with Crippen LogP contribution in [0.15, 0.2) is 77.7 Å². The molecule has 5 rings (SSSR count). The smallest absolute Gasteiger partial charge is 0.339 e. The third-order valence-corrected chi connectivity index (χ3v) is 8.67. The molecule has 230 valence electrons. The molecule has 1 amide bonds. The van der Waals surface area contributed by atoms with E-state index >= 15 is 0 Å². The average Bonchev–Trinajstić information content (AvgIpc) is 3.00. The third kappa shape index (κ3) is 5.87. The number of benzene rings is 4. The lowest BCUT2D eigenvalue weighted by Crippen LogP contribution is -2.52. The minimum atomic E-state index is -4.18. The van der Waals surface area contributed by atoms with E-state index in [1.165, 1.54) is 50.6 Å². The third-order valence-electron chi connectivity index (χ3n) is 7.43. The summed E-state index contributed by atoms with van der Waals surface area (Å²) in [6.07, 6.45) is 0. The van der Waals surface area contributed by atoms with Crippen LogP contribution in [0.4, 0.5) is 15.8 Å². The van der Waals surface area contributed by atoms with Gasteiger partial charge in [0.05, 0.1) is 25.6 Å². The van der Waals surface area contributed by atoms with Gasteiger partial charge in [0.1, 0.15) is 45.9 Å². The number of likely N-dealkylation sites (N-methyl/N-ethyl adjacent to an activating group) is 1. The van der Waals surface area contributed by atoms with Crippen molar-refractivity contribution in [2.45, 2.75) is 37.8 Å². The molecular weight excluding hydrogens is 587 g/mol. The molecule has 0 unspecified atom stereocenters. The highest BCUT2D eigenvalue weighted by atomic mass is 32.2. The van der Waals surface area contributed by atoms with Gasteiger partial charge in [0.25, 0.3) is 5.91 Å². The van der Waals surface area contributed by atoms with Crippen LogP contribution in [0.1, 0.15) is 25.0 Å². The Morgan fingerprint density at radius 3 is 2.36 bits per heavy atom. The minimum Gasteiger partial charge on any atom is -0.497 e. The van der Waals surface area contributed by atoms with Crippen molar-refractivity contribution in [3.05, 3.63) is 89.7 Å². The summed E-state index contributed by atoms with van der Waals surface area (Å²) in [4.78, 5) is 14.8. The van der Waals surface area contributed by atoms with Crippen molar-refractivity contribution in [1.29, 1.82) is 0 Å². The number of fused-ring (bicyclic) bond motifs is 1. The van der Waals surface area contributed by atoms with Crippen molar-refractivity contribution in [2.75, 3.05) is 31.5 Å². The van der Waals surface area contributed by atoms with Gasteiger partial charge in [-0.15, -0.1) is 0 Å². The number of rotatable bonds is 9. The zero-order chi connectivity index (χ0) is 31.8. The Bertz CT molecular complexity index is 1860. The largest absolute Gasteiger partial charge is 0.497 e. The molecule has 4 aromatic rings. The van der Waals surface area contributed by atoms with E-state index < -0.39 is 21.5 Å². The van der Waals surface area contributed by atoms with E-state index in [1.807, 2.05) is 19.1 Å². The fraction of sp³-hybridized carbons (Fsp3) is 0.242. The molecule has 0 atom stereocenters. The molecule has 0 bridgehead atoms. The molecule has 1 aliphatic heterocycles. The Morgan fingerprint density at radius 2 is 1.64 bits per heavy atom. The zero-order valence-electron chi connectivity index (χ0n) is 25.2. The van der Waals surface area contributed by atoms with Gasteiger partial charge >= 0.3 is 10.1 Å². The molecule has 0 fully saturated rings. The number of halogens is 1. The summed E-state index contributed by atoms with van der Waals surface area (Å²) >= 11 is 0. The van der Waals surface area contributed by atoms with E-state index in [2.05, 4.69) is 5.32 Å². The fourth-order valence-electron chi connectivity index (χ4n) is 5.19. The van der Waals surface area contributed by atoms with Crippen molar-refractivity contribution in [3.8, 4) is 34.1 Å². The molecule has 11 heteroatoms. The number of aryl methyl sites for hydroxylation is 1. The monoisotopic (exact) mass is 620 g/mol. The van der Waals surface area contributed by atoms with Crippen LogP contribution in [-0.4, -0.2) is 41.1 Å². The maximum Gasteiger partial charge on any atom is 0.339 e. The van der Waals surface area contributed by atoms with Gasteiger partial charge in [-0.3, -0.25) is 4.79 Å². The number of hydrogen-bond acceptors (Lipinski definition) is 8. The van der Waals surface area contributed by atoms with Gasteiger partial charge < -0.3 is 28.6 Å². The summed E-state index contributed by atoms with van der Waals surface area (Å²) in [5, 5.41) is 3.31. The fourth-order valence-corrected chi connectivity index (χ4v) is 6.15. The first-order valence-corrected chi connectivity index (χ1v) is 15.1. The summed E-state index contributed by atoms with van der Waals surface area (Å²) in [5.74, 6) is 0.519. The minimum absolute atomic E-state index is 0.00580. The first kappa shape index (κ1) is 30.7. The predicted octanol–water partition coefficient (Wildman–Crippen LogP) is 6.33. The van der Waals surface area contributed by atoms with Crippen molar-refractivity contribution in [3.63, 3.8) is 0 Å². The summed E-state index contributed by atoms with van der Waals surface area (Å²) in [6.45, 7) is 5.41. The predicted molar refractivity (Wildman–Crippen MR) is 166 cm³/mol. The van der Waals surface area contributed by atoms with Crippen LogP contribution in [0.5, 0.6) is 23.0 Å². The first-order valence-electron chi connectivity index (χ1n) is 13.7. The molecule has 9 nitrogen and oxygen atoms in total. The molecule has 44 heavy (non-hydrogen) atoms. The van der Waals surface area contributed by atoms with Gasteiger partial charge in [0, 0.05) is 36.4 Å². The molecule has 0 aromatic heterocycles. The van der Waals surface area contributed by atoms with Gasteiger partial charge in [0.15, 0.2) is 0 Å². The number of carbonyl (C=O) groups is 1. The van der Waals surface area contributed by atoms with E-state index in [-0.39, 0.29) is 23.2 Å². The van der Waals surface area contributed by atoms with Crippen LogP contribution in [0.3, 0.4) is 0 Å². The SMILES string of the molecule is COc1cccc(S(=O)(=O)Oc2ccc(-c3ccc4c(c3COc3cc(F)ccc3C)N(C)C(=O)C(C)(C)N4)c(OC)c2)c1. The maximum absolute atomic E-state index is 14.1. The van der Waals surface area contributed by atoms with Crippen LogP contribution in [-0.2, 0) is 21.5 Å². The molecule has 0 saturated heterocycles. The van der Waals surface area contributed by atoms with Crippen LogP contribution in [0.2, 0.25) is 0 Å². The number of methoxy groups -OCH3 is 2. The number of nitrogens with one attached hydrogen (secondary N) is 1. The lowest BCUT2D eigenvalue weighted by atomic mass is 9.91. The Balaban J connectivity index is 1.58. The van der Waals surface area contributed by atoms with Crippen LogP contribution in [0.25, 0.3) is 11.1 Å². The van der Waals surface area contributed by atoms with Crippen molar-refractivity contribution in [2.24, 2.45) is 0 Å². The summed E-state index contributed by atoms with van der Waals surface area (Å²) < 4.78 is 62.5. The summed E-state index contributed by atoms with van der Waals surface area (Å²) in [6, 6.07) is 18.7. The lowest BCUT2D eigenvalue weighted by Gasteiger charge is -2.39. The number of amides is 1. The molecule has 0 spiro atoms. The highest BCUT2D eigenvalue weighted by Gasteiger charge is 2.39. The number of carbonyl (C=O) groups excluding carboxylic acids is 1. The second-order valence-corrected chi connectivity index (χ2v) is 12.4. The molecule has 1 aliphatic rings. The highest BCUT2D eigenvalue weighted by molar-refractivity contribution is 7.87. The van der Waals surface area contributed by atoms with Gasteiger partial charge in [-0.05, 0) is 68.3 Å². The average molecular weight is 621 g/mol. The lowest BCUT2D eigenvalue weighted by molar-refractivity contribution is -0.121. The number of anilines is 2. The first-order chi connectivity index (χ1) is 20.8. The van der Waals surface area contributed by atoms with E-state index in [1.54, 1.807) is 50.1 Å². The van der Waals surface area contributed by atoms with E-state index in [0.717, 1.165) is 11.3 Å². The quantitative estimate of drug-likeness (QED) is 0.217. The summed E-state index contributed by atoms with van der Waals surface area (Å²) in [5.41, 5.74) is 3.13.